The summed E-state index contributed by atoms with van der Waals surface area (Å²) in [5.74, 6) is -0.904. The monoisotopic (exact) mass is 348 g/mol. The molecule has 0 saturated carbocycles. The molecule has 6 nitrogen and oxygen atoms in total. The van der Waals surface area contributed by atoms with Crippen molar-refractivity contribution in [2.75, 3.05) is 13.1 Å². The fourth-order valence-corrected chi connectivity index (χ4v) is 3.56. The number of hydrogen-bond acceptors (Lipinski definition) is 4. The summed E-state index contributed by atoms with van der Waals surface area (Å²) in [4.78, 5) is 19.1. The van der Waals surface area contributed by atoms with Crippen molar-refractivity contribution in [3.8, 4) is 0 Å². The van der Waals surface area contributed by atoms with Gasteiger partial charge in [-0.05, 0) is 24.3 Å². The number of rotatable bonds is 3. The van der Waals surface area contributed by atoms with Crippen molar-refractivity contribution in [1.29, 1.82) is 0 Å². The molecule has 0 bridgehead atoms. The van der Waals surface area contributed by atoms with Crippen molar-refractivity contribution in [1.82, 2.24) is 19.7 Å². The Morgan fingerprint density at radius 2 is 2.12 bits per heavy atom. The molecule has 2 aromatic heterocycles. The molecule has 0 spiro atoms. The summed E-state index contributed by atoms with van der Waals surface area (Å²) in [6, 6.07) is 7.45. The van der Waals surface area contributed by atoms with Crippen LogP contribution in [0.25, 0.3) is 22.6 Å². The van der Waals surface area contributed by atoms with E-state index in [1.54, 1.807) is 10.9 Å². The van der Waals surface area contributed by atoms with Crippen LogP contribution in [0, 0.1) is 0 Å². The molecule has 0 radical (unpaired) electrons. The van der Waals surface area contributed by atoms with Crippen LogP contribution in [-0.4, -0.2) is 43.8 Å². The van der Waals surface area contributed by atoms with Crippen LogP contribution in [0.4, 0.5) is 0 Å². The maximum absolute atomic E-state index is 12.1. The van der Waals surface area contributed by atoms with Crippen molar-refractivity contribution >= 4 is 28.5 Å². The third kappa shape index (κ3) is 2.78. The highest BCUT2D eigenvalue weighted by Gasteiger charge is 2.27. The van der Waals surface area contributed by atoms with E-state index < -0.39 is 5.97 Å². The molecule has 0 fully saturated rings. The Bertz CT molecular complexity index is 1040. The lowest BCUT2D eigenvalue weighted by molar-refractivity contribution is 0.0696. The Hall–Kier alpha value is -2.99. The molecule has 6 heteroatoms. The molecule has 1 aliphatic rings. The van der Waals surface area contributed by atoms with Gasteiger partial charge in [0, 0.05) is 42.8 Å². The lowest BCUT2D eigenvalue weighted by Crippen LogP contribution is -2.31. The van der Waals surface area contributed by atoms with Crippen LogP contribution in [0.3, 0.4) is 0 Å². The molecule has 0 atom stereocenters. The minimum atomic E-state index is -0.904. The first kappa shape index (κ1) is 16.5. The Morgan fingerprint density at radius 3 is 2.81 bits per heavy atom. The van der Waals surface area contributed by atoms with E-state index in [1.807, 2.05) is 37.5 Å². The molecule has 0 unspecified atom stereocenters. The maximum atomic E-state index is 12.1. The summed E-state index contributed by atoms with van der Waals surface area (Å²) in [6.07, 6.45) is 5.80. The second-order valence-corrected chi connectivity index (χ2v) is 6.56. The number of aromatic carboxylic acids is 1. The van der Waals surface area contributed by atoms with Crippen LogP contribution < -0.4 is 0 Å². The number of aryl methyl sites for hydroxylation is 1. The second kappa shape index (κ2) is 6.38. The molecular formula is C20H20N4O2. The first-order valence-corrected chi connectivity index (χ1v) is 8.63. The van der Waals surface area contributed by atoms with Crippen LogP contribution in [0.1, 0.15) is 34.1 Å². The Balaban J connectivity index is 1.99. The van der Waals surface area contributed by atoms with Crippen molar-refractivity contribution in [2.24, 2.45) is 7.05 Å². The number of nitrogens with zero attached hydrogens (tertiary/aromatic N) is 4. The second-order valence-electron chi connectivity index (χ2n) is 6.56. The van der Waals surface area contributed by atoms with Crippen LogP contribution in [0.5, 0.6) is 0 Å². The molecule has 132 valence electrons. The fourth-order valence-electron chi connectivity index (χ4n) is 3.56. The minimum Gasteiger partial charge on any atom is -0.478 e. The van der Waals surface area contributed by atoms with Gasteiger partial charge < -0.3 is 5.11 Å². The average Bonchev–Trinajstić information content (AvgIpc) is 3.04. The number of carboxylic acid groups (broad SMARTS) is 1. The molecule has 1 N–H and O–H groups in total. The van der Waals surface area contributed by atoms with Gasteiger partial charge in [0.05, 0.1) is 23.0 Å². The molecule has 3 heterocycles. The summed E-state index contributed by atoms with van der Waals surface area (Å²) < 4.78 is 1.75. The normalized spacial score (nSPS) is 16.2. The van der Waals surface area contributed by atoms with Gasteiger partial charge in [-0.25, -0.2) is 9.78 Å². The quantitative estimate of drug-likeness (QED) is 0.788. The number of fused-ring (bicyclic) bond motifs is 2. The van der Waals surface area contributed by atoms with E-state index in [0.29, 0.717) is 23.0 Å². The predicted molar refractivity (Wildman–Crippen MR) is 101 cm³/mol. The van der Waals surface area contributed by atoms with E-state index in [4.69, 9.17) is 4.98 Å². The van der Waals surface area contributed by atoms with Crippen LogP contribution in [0.15, 0.2) is 36.7 Å². The Morgan fingerprint density at radius 1 is 1.31 bits per heavy atom. The zero-order valence-corrected chi connectivity index (χ0v) is 14.8. The summed E-state index contributed by atoms with van der Waals surface area (Å²) in [5, 5.41) is 14.8. The van der Waals surface area contributed by atoms with Gasteiger partial charge in [-0.15, -0.1) is 0 Å². The van der Waals surface area contributed by atoms with Gasteiger partial charge in [0.2, 0.25) is 0 Å². The molecule has 26 heavy (non-hydrogen) atoms. The average molecular weight is 348 g/mol. The number of hydrogen-bond donors (Lipinski definition) is 1. The van der Waals surface area contributed by atoms with Gasteiger partial charge >= 0.3 is 5.97 Å². The zero-order chi connectivity index (χ0) is 18.3. The Kier molecular flexibility index (Phi) is 4.05. The number of benzene rings is 1. The van der Waals surface area contributed by atoms with Crippen LogP contribution in [-0.2, 0) is 13.6 Å². The fraction of sp³-hybridized carbons (Fsp3) is 0.250. The SMILES string of the molecule is CCN1C/C(=C\c2cnn(C)c2)c2nc3ccccc3c(C(=O)O)c2C1. The van der Waals surface area contributed by atoms with E-state index in [1.165, 1.54) is 0 Å². The molecule has 1 aromatic carbocycles. The summed E-state index contributed by atoms with van der Waals surface area (Å²) >= 11 is 0. The van der Waals surface area contributed by atoms with Crippen molar-refractivity contribution in [2.45, 2.75) is 13.5 Å². The van der Waals surface area contributed by atoms with Gasteiger partial charge in [-0.3, -0.25) is 9.58 Å². The number of carbonyl (C=O) groups is 1. The van der Waals surface area contributed by atoms with Crippen molar-refractivity contribution < 1.29 is 9.90 Å². The summed E-state index contributed by atoms with van der Waals surface area (Å²) in [6.45, 7) is 4.26. The lowest BCUT2D eigenvalue weighted by atomic mass is 9.92. The molecule has 0 saturated heterocycles. The third-order valence-electron chi connectivity index (χ3n) is 4.80. The molecule has 0 aliphatic carbocycles. The van der Waals surface area contributed by atoms with Gasteiger partial charge in [0.25, 0.3) is 0 Å². The van der Waals surface area contributed by atoms with E-state index >= 15 is 0 Å². The predicted octanol–water partition coefficient (Wildman–Crippen LogP) is 3.04. The van der Waals surface area contributed by atoms with Gasteiger partial charge in [-0.2, -0.15) is 5.10 Å². The van der Waals surface area contributed by atoms with Crippen LogP contribution in [0.2, 0.25) is 0 Å². The number of pyridine rings is 1. The van der Waals surface area contributed by atoms with Gasteiger partial charge in [-0.1, -0.05) is 25.1 Å². The largest absolute Gasteiger partial charge is 0.478 e. The van der Waals surface area contributed by atoms with Gasteiger partial charge in [0.1, 0.15) is 0 Å². The number of para-hydroxylation sites is 1. The van der Waals surface area contributed by atoms with E-state index in [2.05, 4.69) is 23.0 Å². The molecule has 3 aromatic rings. The Labute approximate surface area is 151 Å². The summed E-state index contributed by atoms with van der Waals surface area (Å²) in [7, 11) is 1.88. The standard InChI is InChI=1S/C20H20N4O2/c1-3-24-11-14(8-13-9-21-23(2)10-13)19-16(12-24)18(20(25)26)15-6-4-5-7-17(15)22-19/h4-10H,3,11-12H2,1-2H3,(H,25,26)/b14-8+. The van der Waals surface area contributed by atoms with Gasteiger partial charge in [0.15, 0.2) is 0 Å². The van der Waals surface area contributed by atoms with E-state index in [-0.39, 0.29) is 0 Å². The number of likely N-dealkylation sites (N-methyl/N-ethyl adjacent to an activating group) is 1. The summed E-state index contributed by atoms with van der Waals surface area (Å²) in [5.41, 5.74) is 4.66. The lowest BCUT2D eigenvalue weighted by Gasteiger charge is -2.30. The third-order valence-corrected chi connectivity index (χ3v) is 4.80. The minimum absolute atomic E-state index is 0.362. The molecule has 0 amide bonds. The highest BCUT2D eigenvalue weighted by Crippen LogP contribution is 2.33. The van der Waals surface area contributed by atoms with Crippen LogP contribution >= 0.6 is 0 Å². The maximum Gasteiger partial charge on any atom is 0.336 e. The van der Waals surface area contributed by atoms with E-state index in [9.17, 15) is 9.90 Å². The first-order valence-electron chi connectivity index (χ1n) is 8.63. The smallest absolute Gasteiger partial charge is 0.336 e. The number of carboxylic acids is 1. The van der Waals surface area contributed by atoms with Crippen molar-refractivity contribution in [3.05, 3.63) is 59.0 Å². The zero-order valence-electron chi connectivity index (χ0n) is 14.8. The number of aromatic nitrogens is 3. The molecule has 4 rings (SSSR count). The first-order chi connectivity index (χ1) is 12.6. The van der Waals surface area contributed by atoms with E-state index in [0.717, 1.165) is 35.5 Å². The molecule has 1 aliphatic heterocycles. The molecular weight excluding hydrogens is 328 g/mol. The highest BCUT2D eigenvalue weighted by atomic mass is 16.4. The topological polar surface area (TPSA) is 71.2 Å². The highest BCUT2D eigenvalue weighted by molar-refractivity contribution is 6.05. The van der Waals surface area contributed by atoms with Crippen molar-refractivity contribution in [3.63, 3.8) is 0 Å².